The molecule has 0 unspecified atom stereocenters. The van der Waals surface area contributed by atoms with Crippen LogP contribution in [0.3, 0.4) is 0 Å². The van der Waals surface area contributed by atoms with Gasteiger partial charge in [0.1, 0.15) is 6.04 Å². The SMILES string of the molecule is CC[C@@H](C)[C@@H](N=C(N)NC(=O)Cc1ccc(OC)c(OC)c1)C(=O)CCC(C)C.O=C(O)C(F)(F)F. The number of alkyl halides is 3. The average Bonchev–Trinajstić information content (AvgIpc) is 2.79. The number of halogens is 3. The monoisotopic (exact) mass is 519 g/mol. The lowest BCUT2D eigenvalue weighted by molar-refractivity contribution is -0.192. The highest BCUT2D eigenvalue weighted by atomic mass is 19.4. The quantitative estimate of drug-likeness (QED) is 0.299. The summed E-state index contributed by atoms with van der Waals surface area (Å²) in [5.41, 5.74) is 6.69. The van der Waals surface area contributed by atoms with Crippen LogP contribution < -0.4 is 20.5 Å². The van der Waals surface area contributed by atoms with Gasteiger partial charge < -0.3 is 20.3 Å². The Morgan fingerprint density at radius 3 is 2.11 bits per heavy atom. The Balaban J connectivity index is 0.00000152. The molecule has 12 heteroatoms. The van der Waals surface area contributed by atoms with E-state index in [9.17, 15) is 22.8 Å². The number of carboxylic acids is 1. The maximum absolute atomic E-state index is 12.6. The predicted octanol–water partition coefficient (Wildman–Crippen LogP) is 3.73. The zero-order chi connectivity index (χ0) is 28.1. The molecule has 0 radical (unpaired) electrons. The van der Waals surface area contributed by atoms with Crippen molar-refractivity contribution >= 4 is 23.6 Å². The number of amides is 1. The van der Waals surface area contributed by atoms with Crippen LogP contribution in [-0.2, 0) is 20.8 Å². The Morgan fingerprint density at radius 2 is 1.67 bits per heavy atom. The van der Waals surface area contributed by atoms with E-state index in [1.54, 1.807) is 25.3 Å². The summed E-state index contributed by atoms with van der Waals surface area (Å²) in [4.78, 5) is 38.2. The fraction of sp³-hybridized carbons (Fsp3) is 0.583. The summed E-state index contributed by atoms with van der Waals surface area (Å²) in [5, 5.41) is 9.71. The number of nitrogens with one attached hydrogen (secondary N) is 1. The van der Waals surface area contributed by atoms with Crippen LogP contribution in [0.25, 0.3) is 0 Å². The fourth-order valence-electron chi connectivity index (χ4n) is 2.86. The smallest absolute Gasteiger partial charge is 0.490 e. The van der Waals surface area contributed by atoms with Crippen molar-refractivity contribution in [1.29, 1.82) is 0 Å². The zero-order valence-corrected chi connectivity index (χ0v) is 21.4. The molecule has 1 aromatic carbocycles. The number of rotatable bonds is 11. The van der Waals surface area contributed by atoms with Crippen molar-refractivity contribution in [2.45, 2.75) is 65.6 Å². The maximum Gasteiger partial charge on any atom is 0.490 e. The number of carbonyl (C=O) groups excluding carboxylic acids is 2. The number of benzene rings is 1. The second-order valence-corrected chi connectivity index (χ2v) is 8.46. The standard InChI is InChI=1S/C22H35N3O4.C2HF3O2/c1-7-15(4)21(17(26)10-8-14(2)3)25-22(23)24-20(27)13-16-9-11-18(28-5)19(12-16)29-6;3-2(4,5)1(6)7/h9,11-12,14-15,21H,7-8,10,13H2,1-6H3,(H3,23,24,25,27);(H,6,7)/t15-,21-;/m1./s1. The number of guanidine groups is 1. The molecule has 36 heavy (non-hydrogen) atoms. The summed E-state index contributed by atoms with van der Waals surface area (Å²) < 4.78 is 42.2. The Hall–Kier alpha value is -3.31. The molecule has 0 saturated carbocycles. The van der Waals surface area contributed by atoms with Gasteiger partial charge in [-0.05, 0) is 36.0 Å². The first-order valence-corrected chi connectivity index (χ1v) is 11.3. The Morgan fingerprint density at radius 1 is 1.11 bits per heavy atom. The van der Waals surface area contributed by atoms with E-state index in [2.05, 4.69) is 24.2 Å². The zero-order valence-electron chi connectivity index (χ0n) is 21.4. The lowest BCUT2D eigenvalue weighted by atomic mass is 9.92. The minimum atomic E-state index is -5.08. The molecule has 0 aliphatic carbocycles. The molecule has 1 aromatic rings. The van der Waals surface area contributed by atoms with Crippen LogP contribution in [0.4, 0.5) is 13.2 Å². The van der Waals surface area contributed by atoms with Gasteiger partial charge in [-0.1, -0.05) is 40.2 Å². The number of ketones is 1. The molecule has 4 N–H and O–H groups in total. The number of Topliss-reactive ketones (excluding diaryl/α,β-unsaturated/α-hetero) is 1. The van der Waals surface area contributed by atoms with E-state index in [0.29, 0.717) is 23.8 Å². The van der Waals surface area contributed by atoms with Gasteiger partial charge in [0.15, 0.2) is 23.2 Å². The fourth-order valence-corrected chi connectivity index (χ4v) is 2.86. The van der Waals surface area contributed by atoms with Gasteiger partial charge in [0.25, 0.3) is 0 Å². The number of hydrogen-bond acceptors (Lipinski definition) is 6. The Kier molecular flexibility index (Phi) is 14.2. The average molecular weight is 520 g/mol. The van der Waals surface area contributed by atoms with Crippen LogP contribution in [0, 0.1) is 11.8 Å². The van der Waals surface area contributed by atoms with Crippen molar-refractivity contribution in [1.82, 2.24) is 5.32 Å². The van der Waals surface area contributed by atoms with E-state index in [4.69, 9.17) is 25.1 Å². The van der Waals surface area contributed by atoms with Crippen LogP contribution in [0.5, 0.6) is 11.5 Å². The number of ether oxygens (including phenoxy) is 2. The van der Waals surface area contributed by atoms with Gasteiger partial charge in [-0.3, -0.25) is 14.9 Å². The third-order valence-corrected chi connectivity index (χ3v) is 5.08. The van der Waals surface area contributed by atoms with Crippen LogP contribution in [0.2, 0.25) is 0 Å². The van der Waals surface area contributed by atoms with E-state index in [-0.39, 0.29) is 30.0 Å². The van der Waals surface area contributed by atoms with Crippen molar-refractivity contribution in [2.75, 3.05) is 14.2 Å². The largest absolute Gasteiger partial charge is 0.493 e. The molecule has 0 saturated heterocycles. The highest BCUT2D eigenvalue weighted by molar-refractivity contribution is 5.98. The van der Waals surface area contributed by atoms with E-state index >= 15 is 0 Å². The van der Waals surface area contributed by atoms with E-state index in [1.807, 2.05) is 13.8 Å². The first kappa shape index (κ1) is 32.7. The van der Waals surface area contributed by atoms with Crippen molar-refractivity contribution in [2.24, 2.45) is 22.6 Å². The number of hydrogen-bond donors (Lipinski definition) is 3. The topological polar surface area (TPSA) is 140 Å². The number of aliphatic carboxylic acids is 1. The molecule has 0 fully saturated rings. The minimum Gasteiger partial charge on any atom is -0.493 e. The molecule has 1 amide bonds. The number of nitrogens with two attached hydrogens (primary N) is 1. The first-order valence-electron chi connectivity index (χ1n) is 11.3. The number of carbonyl (C=O) groups is 3. The molecule has 9 nitrogen and oxygen atoms in total. The molecule has 204 valence electrons. The summed E-state index contributed by atoms with van der Waals surface area (Å²) in [6.45, 7) is 8.14. The third kappa shape index (κ3) is 12.4. The number of aliphatic imine (C=N–C) groups is 1. The summed E-state index contributed by atoms with van der Waals surface area (Å²) in [5.74, 6) is -1.40. The Bertz CT molecular complexity index is 904. The number of carboxylic acid groups (broad SMARTS) is 1. The van der Waals surface area contributed by atoms with Crippen molar-refractivity contribution in [3.05, 3.63) is 23.8 Å². The van der Waals surface area contributed by atoms with Crippen LogP contribution in [-0.4, -0.2) is 55.2 Å². The van der Waals surface area contributed by atoms with Crippen molar-refractivity contribution in [3.63, 3.8) is 0 Å². The van der Waals surface area contributed by atoms with E-state index in [0.717, 1.165) is 18.4 Å². The summed E-state index contributed by atoms with van der Waals surface area (Å²) in [7, 11) is 3.09. The lowest BCUT2D eigenvalue weighted by Gasteiger charge is -2.19. The summed E-state index contributed by atoms with van der Waals surface area (Å²) in [6.07, 6.45) is -2.91. The normalized spacial score (nSPS) is 13.2. The van der Waals surface area contributed by atoms with Crippen molar-refractivity contribution in [3.8, 4) is 11.5 Å². The minimum absolute atomic E-state index is 0.0290. The highest BCUT2D eigenvalue weighted by Crippen LogP contribution is 2.27. The van der Waals surface area contributed by atoms with Gasteiger partial charge in [-0.25, -0.2) is 9.79 Å². The molecule has 0 aromatic heterocycles. The van der Waals surface area contributed by atoms with Gasteiger partial charge in [0.2, 0.25) is 5.91 Å². The lowest BCUT2D eigenvalue weighted by Crippen LogP contribution is -2.40. The summed E-state index contributed by atoms with van der Waals surface area (Å²) >= 11 is 0. The van der Waals surface area contributed by atoms with E-state index in [1.165, 1.54) is 7.11 Å². The van der Waals surface area contributed by atoms with Crippen LogP contribution in [0.15, 0.2) is 23.2 Å². The molecule has 0 spiro atoms. The number of methoxy groups -OCH3 is 2. The van der Waals surface area contributed by atoms with Gasteiger partial charge in [0, 0.05) is 6.42 Å². The molecule has 0 aliphatic heterocycles. The predicted molar refractivity (Wildman–Crippen MR) is 129 cm³/mol. The highest BCUT2D eigenvalue weighted by Gasteiger charge is 2.38. The van der Waals surface area contributed by atoms with Gasteiger partial charge >= 0.3 is 12.1 Å². The first-order chi connectivity index (χ1) is 16.7. The molecule has 0 heterocycles. The van der Waals surface area contributed by atoms with Gasteiger partial charge in [0.05, 0.1) is 20.6 Å². The van der Waals surface area contributed by atoms with Crippen LogP contribution in [0.1, 0.15) is 52.5 Å². The molecular formula is C24H36F3N3O6. The van der Waals surface area contributed by atoms with E-state index < -0.39 is 18.2 Å². The van der Waals surface area contributed by atoms with Gasteiger partial charge in [-0.15, -0.1) is 0 Å². The summed E-state index contributed by atoms with van der Waals surface area (Å²) in [6, 6.07) is 4.72. The number of nitrogens with zero attached hydrogens (tertiary/aromatic N) is 1. The second kappa shape index (κ2) is 15.6. The maximum atomic E-state index is 12.6. The van der Waals surface area contributed by atoms with Crippen LogP contribution >= 0.6 is 0 Å². The Labute approximate surface area is 209 Å². The molecule has 0 bridgehead atoms. The van der Waals surface area contributed by atoms with Crippen molar-refractivity contribution < 1.29 is 42.1 Å². The molecule has 0 aliphatic rings. The molecular weight excluding hydrogens is 483 g/mol. The third-order valence-electron chi connectivity index (χ3n) is 5.08. The van der Waals surface area contributed by atoms with Gasteiger partial charge in [-0.2, -0.15) is 13.2 Å². The molecule has 2 atom stereocenters. The molecule has 1 rings (SSSR count). The second-order valence-electron chi connectivity index (χ2n) is 8.46.